The molecule has 6 nitrogen and oxygen atoms in total. The molecule has 2 unspecified atom stereocenters. The van der Waals surface area contributed by atoms with Crippen LogP contribution in [0.25, 0.3) is 0 Å². The van der Waals surface area contributed by atoms with Gasteiger partial charge in [-0.15, -0.1) is 0 Å². The summed E-state index contributed by atoms with van der Waals surface area (Å²) >= 11 is 0. The number of carbonyl (C=O) groups excluding carboxylic acids is 2. The van der Waals surface area contributed by atoms with Crippen molar-refractivity contribution < 1.29 is 24.5 Å². The molecule has 0 aromatic heterocycles. The molecule has 1 aromatic rings. The van der Waals surface area contributed by atoms with E-state index in [9.17, 15) is 19.8 Å². The van der Waals surface area contributed by atoms with Crippen molar-refractivity contribution in [1.82, 2.24) is 0 Å². The van der Waals surface area contributed by atoms with Gasteiger partial charge >= 0.3 is 5.97 Å². The van der Waals surface area contributed by atoms with Crippen LogP contribution >= 0.6 is 0 Å². The van der Waals surface area contributed by atoms with Gasteiger partial charge in [-0.05, 0) is 6.07 Å². The van der Waals surface area contributed by atoms with Crippen LogP contribution in [0.5, 0.6) is 0 Å². The highest BCUT2D eigenvalue weighted by Crippen LogP contribution is 2.26. The van der Waals surface area contributed by atoms with Crippen molar-refractivity contribution in [3.05, 3.63) is 29.8 Å². The Morgan fingerprint density at radius 2 is 1.95 bits per heavy atom. The molecule has 0 bridgehead atoms. The van der Waals surface area contributed by atoms with E-state index < -0.39 is 18.2 Å². The van der Waals surface area contributed by atoms with E-state index in [2.05, 4.69) is 10.1 Å². The van der Waals surface area contributed by atoms with Crippen LogP contribution in [0, 0.1) is 0 Å². The third-order valence-electron chi connectivity index (χ3n) is 2.56. The van der Waals surface area contributed by atoms with Crippen LogP contribution in [0.15, 0.2) is 24.3 Å². The van der Waals surface area contributed by atoms with E-state index in [-0.39, 0.29) is 12.3 Å². The summed E-state index contributed by atoms with van der Waals surface area (Å²) in [4.78, 5) is 22.1. The molecule has 0 radical (unpaired) electrons. The fraction of sp³-hybridized carbons (Fsp3) is 0.385. The van der Waals surface area contributed by atoms with Gasteiger partial charge in [0.2, 0.25) is 5.91 Å². The average Bonchev–Trinajstić information content (AvgIpc) is 2.37. The largest absolute Gasteiger partial charge is 0.469 e. The molecular weight excluding hydrogens is 250 g/mol. The van der Waals surface area contributed by atoms with Gasteiger partial charge in [-0.25, -0.2) is 0 Å². The molecule has 0 fully saturated rings. The number of hydrogen-bond acceptors (Lipinski definition) is 5. The summed E-state index contributed by atoms with van der Waals surface area (Å²) in [6, 6.07) is 6.52. The first-order valence-corrected chi connectivity index (χ1v) is 5.75. The number of ether oxygens (including phenoxy) is 1. The van der Waals surface area contributed by atoms with Crippen LogP contribution in [-0.2, 0) is 14.3 Å². The second-order valence-electron chi connectivity index (χ2n) is 4.06. The molecule has 104 valence electrons. The molecule has 19 heavy (non-hydrogen) atoms. The van der Waals surface area contributed by atoms with E-state index >= 15 is 0 Å². The zero-order chi connectivity index (χ0) is 14.4. The topological polar surface area (TPSA) is 95.9 Å². The third-order valence-corrected chi connectivity index (χ3v) is 2.56. The number of rotatable bonds is 5. The quantitative estimate of drug-likeness (QED) is 0.679. The smallest absolute Gasteiger partial charge is 0.308 e. The Morgan fingerprint density at radius 1 is 1.32 bits per heavy atom. The Bertz CT molecular complexity index is 460. The van der Waals surface area contributed by atoms with Crippen molar-refractivity contribution in [3.8, 4) is 0 Å². The third kappa shape index (κ3) is 4.35. The van der Waals surface area contributed by atoms with Gasteiger partial charge in [0.1, 0.15) is 6.10 Å². The summed E-state index contributed by atoms with van der Waals surface area (Å²) in [7, 11) is 1.20. The predicted octanol–water partition coefficient (Wildman–Crippen LogP) is 0.602. The Hall–Kier alpha value is -1.92. The highest BCUT2D eigenvalue weighted by Gasteiger charge is 2.24. The highest BCUT2D eigenvalue weighted by molar-refractivity contribution is 5.89. The van der Waals surface area contributed by atoms with Crippen LogP contribution in [0.4, 0.5) is 5.69 Å². The molecular formula is C13H17NO5. The first kappa shape index (κ1) is 15.1. The molecule has 1 rings (SSSR count). The molecule has 0 saturated carbocycles. The van der Waals surface area contributed by atoms with Gasteiger partial charge in [-0.2, -0.15) is 0 Å². The monoisotopic (exact) mass is 267 g/mol. The zero-order valence-electron chi connectivity index (χ0n) is 10.8. The van der Waals surface area contributed by atoms with Gasteiger partial charge in [0, 0.05) is 18.2 Å². The van der Waals surface area contributed by atoms with E-state index in [1.54, 1.807) is 24.3 Å². The fourth-order valence-electron chi connectivity index (χ4n) is 1.63. The Morgan fingerprint density at radius 3 is 2.53 bits per heavy atom. The number of hydrogen-bond donors (Lipinski definition) is 3. The minimum atomic E-state index is -1.30. The number of carbonyl (C=O) groups is 2. The predicted molar refractivity (Wildman–Crippen MR) is 68.3 cm³/mol. The number of nitrogens with one attached hydrogen (secondary N) is 1. The number of aliphatic hydroxyl groups is 2. The number of esters is 1. The van der Waals surface area contributed by atoms with Crippen LogP contribution < -0.4 is 5.32 Å². The van der Waals surface area contributed by atoms with E-state index in [1.807, 2.05) is 0 Å². The normalized spacial score (nSPS) is 13.5. The lowest BCUT2D eigenvalue weighted by molar-refractivity contribution is -0.144. The summed E-state index contributed by atoms with van der Waals surface area (Å²) in [6.45, 7) is 1.34. The van der Waals surface area contributed by atoms with Crippen LogP contribution in [-0.4, -0.2) is 35.3 Å². The van der Waals surface area contributed by atoms with Gasteiger partial charge in [0.15, 0.2) is 0 Å². The number of para-hydroxylation sites is 1. The number of benzene rings is 1. The Balaban J connectivity index is 2.89. The fourth-order valence-corrected chi connectivity index (χ4v) is 1.63. The molecule has 0 aliphatic heterocycles. The minimum Gasteiger partial charge on any atom is -0.469 e. The SMILES string of the molecule is COC(=O)CC(O)C(O)c1ccccc1NC(C)=O. The molecule has 0 spiro atoms. The number of amides is 1. The van der Waals surface area contributed by atoms with E-state index in [0.717, 1.165) is 0 Å². The maximum absolute atomic E-state index is 11.1. The van der Waals surface area contributed by atoms with Gasteiger partial charge in [0.25, 0.3) is 0 Å². The summed E-state index contributed by atoms with van der Waals surface area (Å²) in [5.74, 6) is -0.911. The molecule has 6 heteroatoms. The molecule has 0 heterocycles. The first-order valence-electron chi connectivity index (χ1n) is 5.75. The average molecular weight is 267 g/mol. The van der Waals surface area contributed by atoms with Crippen molar-refractivity contribution in [2.75, 3.05) is 12.4 Å². The maximum atomic E-state index is 11.1. The second kappa shape index (κ2) is 6.86. The van der Waals surface area contributed by atoms with Crippen molar-refractivity contribution in [2.24, 2.45) is 0 Å². The molecule has 1 amide bonds. The minimum absolute atomic E-state index is 0.290. The lowest BCUT2D eigenvalue weighted by Gasteiger charge is -2.20. The van der Waals surface area contributed by atoms with Crippen LogP contribution in [0.3, 0.4) is 0 Å². The zero-order valence-corrected chi connectivity index (χ0v) is 10.8. The number of aliphatic hydroxyl groups excluding tert-OH is 2. The maximum Gasteiger partial charge on any atom is 0.308 e. The molecule has 0 saturated heterocycles. The Labute approximate surface area is 111 Å². The number of methoxy groups -OCH3 is 1. The van der Waals surface area contributed by atoms with E-state index in [0.29, 0.717) is 11.3 Å². The number of anilines is 1. The Kier molecular flexibility index (Phi) is 5.47. The second-order valence-corrected chi connectivity index (χ2v) is 4.06. The van der Waals surface area contributed by atoms with Crippen molar-refractivity contribution in [2.45, 2.75) is 25.6 Å². The lowest BCUT2D eigenvalue weighted by atomic mass is 10.0. The molecule has 0 aliphatic rings. The van der Waals surface area contributed by atoms with Gasteiger partial charge in [0.05, 0.1) is 19.6 Å². The van der Waals surface area contributed by atoms with Gasteiger partial charge in [-0.3, -0.25) is 9.59 Å². The van der Waals surface area contributed by atoms with Crippen molar-refractivity contribution >= 4 is 17.6 Å². The van der Waals surface area contributed by atoms with E-state index in [1.165, 1.54) is 14.0 Å². The van der Waals surface area contributed by atoms with Crippen molar-refractivity contribution in [1.29, 1.82) is 0 Å². The summed E-state index contributed by atoms with van der Waals surface area (Å²) in [5, 5.41) is 22.3. The lowest BCUT2D eigenvalue weighted by Crippen LogP contribution is -2.23. The van der Waals surface area contributed by atoms with E-state index in [4.69, 9.17) is 0 Å². The van der Waals surface area contributed by atoms with Crippen LogP contribution in [0.2, 0.25) is 0 Å². The molecule has 3 N–H and O–H groups in total. The molecule has 0 aliphatic carbocycles. The first-order chi connectivity index (χ1) is 8.95. The standard InChI is InChI=1S/C13H17NO5/c1-8(15)14-10-6-4-3-5-9(10)13(18)11(16)7-12(17)19-2/h3-6,11,13,16,18H,7H2,1-2H3,(H,14,15). The van der Waals surface area contributed by atoms with Crippen molar-refractivity contribution in [3.63, 3.8) is 0 Å². The summed E-state index contributed by atoms with van der Waals surface area (Å²) in [6.07, 6.45) is -2.92. The summed E-state index contributed by atoms with van der Waals surface area (Å²) < 4.78 is 4.42. The molecule has 1 aromatic carbocycles. The molecule has 2 atom stereocenters. The van der Waals surface area contributed by atoms with Gasteiger partial charge in [-0.1, -0.05) is 18.2 Å². The van der Waals surface area contributed by atoms with Gasteiger partial charge < -0.3 is 20.3 Å². The van der Waals surface area contributed by atoms with Crippen LogP contribution in [0.1, 0.15) is 25.0 Å². The summed E-state index contributed by atoms with van der Waals surface area (Å²) in [5.41, 5.74) is 0.737. The highest BCUT2D eigenvalue weighted by atomic mass is 16.5.